The van der Waals surface area contributed by atoms with E-state index in [1.165, 1.54) is 4.31 Å². The Morgan fingerprint density at radius 1 is 1.04 bits per heavy atom. The summed E-state index contributed by atoms with van der Waals surface area (Å²) in [7, 11) is -3.78. The molecule has 0 spiro atoms. The van der Waals surface area contributed by atoms with Gasteiger partial charge in [0.2, 0.25) is 0 Å². The minimum absolute atomic E-state index is 0.0534. The van der Waals surface area contributed by atoms with Crippen LogP contribution in [0, 0.1) is 5.92 Å². The van der Waals surface area contributed by atoms with Crippen LogP contribution in [0.1, 0.15) is 31.4 Å². The van der Waals surface area contributed by atoms with Gasteiger partial charge in [-0.15, -0.1) is 0 Å². The molecule has 0 amide bonds. The summed E-state index contributed by atoms with van der Waals surface area (Å²) in [6, 6.07) is 19.2. The molecule has 27 heavy (non-hydrogen) atoms. The Morgan fingerprint density at radius 3 is 2.22 bits per heavy atom. The third kappa shape index (κ3) is 5.39. The molecule has 1 heterocycles. The van der Waals surface area contributed by atoms with Gasteiger partial charge in [0.05, 0.1) is 25.4 Å². The van der Waals surface area contributed by atoms with Gasteiger partial charge < -0.3 is 4.74 Å². The fourth-order valence-electron chi connectivity index (χ4n) is 3.33. The van der Waals surface area contributed by atoms with E-state index in [1.807, 2.05) is 60.7 Å². The van der Waals surface area contributed by atoms with E-state index in [9.17, 15) is 8.42 Å². The largest absolute Gasteiger partial charge is 0.369 e. The lowest BCUT2D eigenvalue weighted by molar-refractivity contribution is -0.0559. The Kier molecular flexibility index (Phi) is 6.65. The highest BCUT2D eigenvalue weighted by atomic mass is 32.2. The van der Waals surface area contributed by atoms with Crippen molar-refractivity contribution < 1.29 is 17.3 Å². The van der Waals surface area contributed by atoms with E-state index < -0.39 is 10.3 Å². The number of ether oxygens (including phenoxy) is 1. The highest BCUT2D eigenvalue weighted by molar-refractivity contribution is 7.84. The van der Waals surface area contributed by atoms with Crippen molar-refractivity contribution in [2.45, 2.75) is 45.6 Å². The third-order valence-electron chi connectivity index (χ3n) is 4.67. The first-order valence-electron chi connectivity index (χ1n) is 9.31. The summed E-state index contributed by atoms with van der Waals surface area (Å²) in [5, 5.41) is 0. The summed E-state index contributed by atoms with van der Waals surface area (Å²) < 4.78 is 38.1. The number of benzene rings is 2. The van der Waals surface area contributed by atoms with E-state index in [1.54, 1.807) is 0 Å². The van der Waals surface area contributed by atoms with Crippen LogP contribution in [0.2, 0.25) is 0 Å². The first-order chi connectivity index (χ1) is 13.0. The van der Waals surface area contributed by atoms with Gasteiger partial charge in [-0.3, -0.25) is 4.18 Å². The molecule has 3 rings (SSSR count). The van der Waals surface area contributed by atoms with Crippen molar-refractivity contribution in [3.05, 3.63) is 71.8 Å². The lowest BCUT2D eigenvalue weighted by Gasteiger charge is -2.40. The van der Waals surface area contributed by atoms with Crippen molar-refractivity contribution >= 4 is 10.3 Å². The number of rotatable bonds is 7. The molecule has 1 unspecified atom stereocenters. The highest BCUT2D eigenvalue weighted by Crippen LogP contribution is 2.29. The second-order valence-corrected chi connectivity index (χ2v) is 8.87. The molecule has 2 aromatic carbocycles. The number of hydrogen-bond acceptors (Lipinski definition) is 4. The van der Waals surface area contributed by atoms with Crippen LogP contribution in [0.4, 0.5) is 0 Å². The Labute approximate surface area is 162 Å². The van der Waals surface area contributed by atoms with Crippen LogP contribution in [0.15, 0.2) is 60.7 Å². The Morgan fingerprint density at radius 2 is 1.63 bits per heavy atom. The Bertz CT molecular complexity index is 809. The van der Waals surface area contributed by atoms with Crippen LogP contribution < -0.4 is 0 Å². The van der Waals surface area contributed by atoms with Gasteiger partial charge in [0.25, 0.3) is 0 Å². The van der Waals surface area contributed by atoms with Crippen LogP contribution in [-0.4, -0.2) is 31.5 Å². The monoisotopic (exact) mass is 389 g/mol. The quantitative estimate of drug-likeness (QED) is 0.723. The normalized spacial score (nSPS) is 22.8. The van der Waals surface area contributed by atoms with Crippen molar-refractivity contribution in [2.75, 3.05) is 6.61 Å². The SMILES string of the molecule is CC(C)CC1[C@@H](OCc2ccccc2)COS(=O)(=O)N1Cc1ccccc1. The lowest BCUT2D eigenvalue weighted by atomic mass is 9.98. The van der Waals surface area contributed by atoms with Crippen LogP contribution in [-0.2, 0) is 32.4 Å². The van der Waals surface area contributed by atoms with E-state index in [4.69, 9.17) is 8.92 Å². The minimum atomic E-state index is -3.78. The molecule has 146 valence electrons. The van der Waals surface area contributed by atoms with Crippen molar-refractivity contribution in [3.8, 4) is 0 Å². The maximum Gasteiger partial charge on any atom is 0.339 e. The molecule has 5 nitrogen and oxygen atoms in total. The standard InChI is InChI=1S/C21H27NO4S/c1-17(2)13-20-21(25-15-19-11-7-4-8-12-19)16-26-27(23,24)22(20)14-18-9-5-3-6-10-18/h3-12,17,20-21H,13-16H2,1-2H3/t20?,21-/m0/s1. The zero-order valence-electron chi connectivity index (χ0n) is 15.8. The number of hydrogen-bond donors (Lipinski definition) is 0. The Balaban J connectivity index is 1.80. The second kappa shape index (κ2) is 8.97. The summed E-state index contributed by atoms with van der Waals surface area (Å²) in [6.07, 6.45) is 0.411. The molecule has 0 bridgehead atoms. The molecule has 2 aromatic rings. The molecular formula is C21H27NO4S. The minimum Gasteiger partial charge on any atom is -0.369 e. The maximum absolute atomic E-state index is 12.6. The van der Waals surface area contributed by atoms with E-state index in [0.717, 1.165) is 17.5 Å². The average Bonchev–Trinajstić information content (AvgIpc) is 2.65. The van der Waals surface area contributed by atoms with Crippen LogP contribution in [0.3, 0.4) is 0 Å². The smallest absolute Gasteiger partial charge is 0.339 e. The van der Waals surface area contributed by atoms with Crippen LogP contribution in [0.5, 0.6) is 0 Å². The maximum atomic E-state index is 12.6. The second-order valence-electron chi connectivity index (χ2n) is 7.30. The van der Waals surface area contributed by atoms with Crippen molar-refractivity contribution in [1.29, 1.82) is 0 Å². The molecule has 0 radical (unpaired) electrons. The predicted octanol–water partition coefficient (Wildman–Crippen LogP) is 3.76. The molecule has 0 saturated carbocycles. The van der Waals surface area contributed by atoms with Gasteiger partial charge in [0.1, 0.15) is 0 Å². The van der Waals surface area contributed by atoms with Gasteiger partial charge in [0, 0.05) is 6.54 Å². The molecule has 1 saturated heterocycles. The zero-order chi connectivity index (χ0) is 19.3. The molecule has 2 atom stereocenters. The van der Waals surface area contributed by atoms with Crippen LogP contribution >= 0.6 is 0 Å². The first-order valence-corrected chi connectivity index (χ1v) is 10.7. The zero-order valence-corrected chi connectivity index (χ0v) is 16.6. The van der Waals surface area contributed by atoms with Crippen molar-refractivity contribution in [3.63, 3.8) is 0 Å². The molecule has 1 aliphatic heterocycles. The highest BCUT2D eigenvalue weighted by Gasteiger charge is 2.42. The third-order valence-corrected chi connectivity index (χ3v) is 6.08. The van der Waals surface area contributed by atoms with Gasteiger partial charge in [0.15, 0.2) is 0 Å². The van der Waals surface area contributed by atoms with E-state index >= 15 is 0 Å². The van der Waals surface area contributed by atoms with E-state index in [2.05, 4.69) is 13.8 Å². The van der Waals surface area contributed by atoms with Crippen molar-refractivity contribution in [2.24, 2.45) is 5.92 Å². The van der Waals surface area contributed by atoms with Gasteiger partial charge in [-0.05, 0) is 23.5 Å². The number of nitrogens with zero attached hydrogens (tertiary/aromatic N) is 1. The fourth-order valence-corrected chi connectivity index (χ4v) is 4.63. The first kappa shape index (κ1) is 20.0. The van der Waals surface area contributed by atoms with E-state index in [0.29, 0.717) is 12.5 Å². The molecule has 0 aliphatic carbocycles. The van der Waals surface area contributed by atoms with E-state index in [-0.39, 0.29) is 25.3 Å². The molecule has 1 aliphatic rings. The predicted molar refractivity (Wildman–Crippen MR) is 105 cm³/mol. The van der Waals surface area contributed by atoms with Crippen molar-refractivity contribution in [1.82, 2.24) is 4.31 Å². The molecule has 0 aromatic heterocycles. The molecular weight excluding hydrogens is 362 g/mol. The lowest BCUT2D eigenvalue weighted by Crippen LogP contribution is -2.55. The molecule has 0 N–H and O–H groups in total. The molecule has 1 fully saturated rings. The van der Waals surface area contributed by atoms with Gasteiger partial charge in [-0.1, -0.05) is 74.5 Å². The van der Waals surface area contributed by atoms with Gasteiger partial charge in [-0.2, -0.15) is 12.7 Å². The Hall–Kier alpha value is -1.73. The summed E-state index contributed by atoms with van der Waals surface area (Å²) in [5.74, 6) is 0.337. The topological polar surface area (TPSA) is 55.8 Å². The van der Waals surface area contributed by atoms with Gasteiger partial charge >= 0.3 is 10.3 Å². The summed E-state index contributed by atoms with van der Waals surface area (Å²) >= 11 is 0. The fraction of sp³-hybridized carbons (Fsp3) is 0.429. The molecule has 6 heteroatoms. The van der Waals surface area contributed by atoms with Gasteiger partial charge in [-0.25, -0.2) is 0 Å². The summed E-state index contributed by atoms with van der Waals surface area (Å²) in [5.41, 5.74) is 1.99. The summed E-state index contributed by atoms with van der Waals surface area (Å²) in [6.45, 7) is 4.96. The average molecular weight is 390 g/mol. The summed E-state index contributed by atoms with van der Waals surface area (Å²) in [4.78, 5) is 0. The van der Waals surface area contributed by atoms with Crippen LogP contribution in [0.25, 0.3) is 0 Å².